The van der Waals surface area contributed by atoms with Gasteiger partial charge in [-0.15, -0.1) is 0 Å². The van der Waals surface area contributed by atoms with Gasteiger partial charge < -0.3 is 10.5 Å². The van der Waals surface area contributed by atoms with Gasteiger partial charge in [0.1, 0.15) is 12.2 Å². The molecule has 1 aliphatic heterocycles. The van der Waals surface area contributed by atoms with Gasteiger partial charge in [0.2, 0.25) is 0 Å². The minimum atomic E-state index is -0.232. The molecule has 0 bridgehead atoms. The number of benzene rings is 1. The summed E-state index contributed by atoms with van der Waals surface area (Å²) < 4.78 is 5.42. The lowest BCUT2D eigenvalue weighted by molar-refractivity contribution is -0.0564. The van der Waals surface area contributed by atoms with Gasteiger partial charge in [-0.05, 0) is 30.0 Å². The van der Waals surface area contributed by atoms with Gasteiger partial charge in [-0.1, -0.05) is 26.0 Å². The Labute approximate surface area is 137 Å². The molecule has 0 radical (unpaired) electrons. The summed E-state index contributed by atoms with van der Waals surface area (Å²) in [6.07, 6.45) is 3.75. The number of ether oxygens (including phenoxy) is 1. The van der Waals surface area contributed by atoms with Crippen LogP contribution >= 0.6 is 0 Å². The molecule has 1 aromatic rings. The van der Waals surface area contributed by atoms with E-state index in [1.807, 2.05) is 19.1 Å². The number of aliphatic imine (C=N–C) groups is 1. The predicted octanol–water partition coefficient (Wildman–Crippen LogP) is 2.85. The van der Waals surface area contributed by atoms with Gasteiger partial charge in [0.25, 0.3) is 0 Å². The van der Waals surface area contributed by atoms with Crippen LogP contribution < -0.4 is 5.73 Å². The third-order valence-electron chi connectivity index (χ3n) is 4.39. The lowest BCUT2D eigenvalue weighted by atomic mass is 9.74. The first-order chi connectivity index (χ1) is 11.1. The molecule has 0 saturated carbocycles. The Kier molecular flexibility index (Phi) is 5.66. The maximum Gasteiger partial charge on any atom is 0.163 e. The molecule has 5 nitrogen and oxygen atoms in total. The molecule has 1 aliphatic rings. The minimum Gasteiger partial charge on any atom is -0.387 e. The zero-order valence-electron chi connectivity index (χ0n) is 13.9. The van der Waals surface area contributed by atoms with E-state index in [1.165, 1.54) is 0 Å². The first-order valence-electron chi connectivity index (χ1n) is 8.11. The van der Waals surface area contributed by atoms with Crippen LogP contribution in [0.15, 0.2) is 23.2 Å². The van der Waals surface area contributed by atoms with Gasteiger partial charge in [-0.3, -0.25) is 10.2 Å². The summed E-state index contributed by atoms with van der Waals surface area (Å²) in [5, 5.41) is 7.04. The van der Waals surface area contributed by atoms with Crippen LogP contribution in [0.3, 0.4) is 0 Å². The molecular formula is C18H25N3O2. The Bertz CT molecular complexity index is 619. The van der Waals surface area contributed by atoms with Crippen LogP contribution in [-0.2, 0) is 16.6 Å². The van der Waals surface area contributed by atoms with Crippen molar-refractivity contribution in [3.63, 3.8) is 0 Å². The summed E-state index contributed by atoms with van der Waals surface area (Å²) in [4.78, 5) is 16.3. The lowest BCUT2D eigenvalue weighted by Crippen LogP contribution is -2.49. The SMILES string of the molecule is CCCC(=O)c1cc(C2(CC(N)=NC=N)COC2)ccc1CC. The molecule has 23 heavy (non-hydrogen) atoms. The molecule has 0 atom stereocenters. The number of aryl methyl sites for hydroxylation is 1. The minimum absolute atomic E-state index is 0.197. The van der Waals surface area contributed by atoms with Gasteiger partial charge in [0.05, 0.1) is 13.2 Å². The first kappa shape index (κ1) is 17.3. The maximum absolute atomic E-state index is 12.4. The molecule has 0 unspecified atom stereocenters. The molecule has 3 N–H and O–H groups in total. The molecule has 1 saturated heterocycles. The van der Waals surface area contributed by atoms with Gasteiger partial charge in [-0.2, -0.15) is 0 Å². The van der Waals surface area contributed by atoms with Crippen LogP contribution in [0.1, 0.15) is 54.6 Å². The van der Waals surface area contributed by atoms with E-state index in [-0.39, 0.29) is 11.2 Å². The Morgan fingerprint density at radius 3 is 2.70 bits per heavy atom. The smallest absolute Gasteiger partial charge is 0.163 e. The Balaban J connectivity index is 2.37. The Morgan fingerprint density at radius 1 is 1.43 bits per heavy atom. The highest BCUT2D eigenvalue weighted by Gasteiger charge is 2.41. The van der Waals surface area contributed by atoms with E-state index in [0.29, 0.717) is 31.9 Å². The number of Topliss-reactive ketones (excluding diaryl/α,β-unsaturated/α-hetero) is 1. The number of amidine groups is 1. The van der Waals surface area contributed by atoms with Crippen LogP contribution in [0.2, 0.25) is 0 Å². The van der Waals surface area contributed by atoms with E-state index in [4.69, 9.17) is 15.9 Å². The standard InChI is InChI=1S/C18H25N3O2/c1-3-5-16(22)15-8-14(7-6-13(15)4-2)18(10-23-11-18)9-17(20)21-12-19/h6-8,12H,3-5,9-11H2,1-2H3,(H3,19,20,21). The monoisotopic (exact) mass is 315 g/mol. The quantitative estimate of drug-likeness (QED) is 0.439. The fourth-order valence-electron chi connectivity index (χ4n) is 3.03. The van der Waals surface area contributed by atoms with Crippen molar-refractivity contribution >= 4 is 18.0 Å². The van der Waals surface area contributed by atoms with Crippen LogP contribution in [0, 0.1) is 5.41 Å². The number of hydrogen-bond acceptors (Lipinski definition) is 3. The molecule has 1 fully saturated rings. The first-order valence-corrected chi connectivity index (χ1v) is 8.11. The molecule has 124 valence electrons. The average Bonchev–Trinajstić information content (AvgIpc) is 2.51. The van der Waals surface area contributed by atoms with Crippen molar-refractivity contribution < 1.29 is 9.53 Å². The van der Waals surface area contributed by atoms with Crippen molar-refractivity contribution in [2.75, 3.05) is 13.2 Å². The highest BCUT2D eigenvalue weighted by molar-refractivity contribution is 5.97. The van der Waals surface area contributed by atoms with Crippen LogP contribution in [0.4, 0.5) is 0 Å². The zero-order valence-corrected chi connectivity index (χ0v) is 13.9. The highest BCUT2D eigenvalue weighted by Crippen LogP contribution is 2.37. The average molecular weight is 315 g/mol. The molecule has 1 aromatic carbocycles. The third kappa shape index (κ3) is 3.67. The summed E-state index contributed by atoms with van der Waals surface area (Å²) in [6.45, 7) is 5.21. The topological polar surface area (TPSA) is 88.5 Å². The summed E-state index contributed by atoms with van der Waals surface area (Å²) in [6, 6.07) is 6.13. The van der Waals surface area contributed by atoms with E-state index in [2.05, 4.69) is 18.0 Å². The number of carbonyl (C=O) groups excluding carboxylic acids is 1. The highest BCUT2D eigenvalue weighted by atomic mass is 16.5. The van der Waals surface area contributed by atoms with E-state index in [0.717, 1.165) is 35.9 Å². The van der Waals surface area contributed by atoms with Gasteiger partial charge in [0, 0.05) is 23.8 Å². The molecular weight excluding hydrogens is 290 g/mol. The van der Waals surface area contributed by atoms with E-state index < -0.39 is 0 Å². The van der Waals surface area contributed by atoms with Gasteiger partial charge in [-0.25, -0.2) is 4.99 Å². The molecule has 5 heteroatoms. The van der Waals surface area contributed by atoms with E-state index in [9.17, 15) is 4.79 Å². The zero-order chi connectivity index (χ0) is 16.9. The predicted molar refractivity (Wildman–Crippen MR) is 92.6 cm³/mol. The summed E-state index contributed by atoms with van der Waals surface area (Å²) in [5.41, 5.74) is 8.64. The fraction of sp³-hybridized carbons (Fsp3) is 0.500. The maximum atomic E-state index is 12.4. The van der Waals surface area contributed by atoms with Crippen molar-refractivity contribution in [2.45, 2.75) is 44.9 Å². The second-order valence-corrected chi connectivity index (χ2v) is 6.10. The van der Waals surface area contributed by atoms with Crippen molar-refractivity contribution in [3.05, 3.63) is 34.9 Å². The number of nitrogens with two attached hydrogens (primary N) is 1. The van der Waals surface area contributed by atoms with Crippen LogP contribution in [-0.4, -0.2) is 31.2 Å². The molecule has 1 heterocycles. The number of rotatable bonds is 8. The van der Waals surface area contributed by atoms with Crippen LogP contribution in [0.25, 0.3) is 0 Å². The van der Waals surface area contributed by atoms with Crippen molar-refractivity contribution in [3.8, 4) is 0 Å². The number of nitrogens with zero attached hydrogens (tertiary/aromatic N) is 1. The second kappa shape index (κ2) is 7.51. The molecule has 0 aromatic heterocycles. The Hall–Kier alpha value is -2.01. The molecule has 2 rings (SSSR count). The van der Waals surface area contributed by atoms with E-state index in [1.54, 1.807) is 0 Å². The van der Waals surface area contributed by atoms with Gasteiger partial charge >= 0.3 is 0 Å². The van der Waals surface area contributed by atoms with Crippen molar-refractivity contribution in [2.24, 2.45) is 10.7 Å². The molecule has 0 amide bonds. The summed E-state index contributed by atoms with van der Waals surface area (Å²) in [7, 11) is 0. The van der Waals surface area contributed by atoms with Crippen molar-refractivity contribution in [1.82, 2.24) is 0 Å². The fourth-order valence-corrected chi connectivity index (χ4v) is 3.03. The summed E-state index contributed by atoms with van der Waals surface area (Å²) >= 11 is 0. The van der Waals surface area contributed by atoms with E-state index >= 15 is 0 Å². The second-order valence-electron chi connectivity index (χ2n) is 6.10. The third-order valence-corrected chi connectivity index (χ3v) is 4.39. The summed E-state index contributed by atoms with van der Waals surface area (Å²) in [5.74, 6) is 0.618. The lowest BCUT2D eigenvalue weighted by Gasteiger charge is -2.42. The number of hydrogen-bond donors (Lipinski definition) is 2. The van der Waals surface area contributed by atoms with Gasteiger partial charge in [0.15, 0.2) is 5.78 Å². The van der Waals surface area contributed by atoms with Crippen molar-refractivity contribution in [1.29, 1.82) is 5.41 Å². The number of ketones is 1. The number of nitrogens with one attached hydrogen (secondary N) is 1. The number of carbonyl (C=O) groups is 1. The molecule has 0 aliphatic carbocycles. The normalized spacial score (nSPS) is 16.7. The largest absolute Gasteiger partial charge is 0.387 e. The van der Waals surface area contributed by atoms with Crippen LogP contribution in [0.5, 0.6) is 0 Å². The Morgan fingerprint density at radius 2 is 2.17 bits per heavy atom. The molecule has 0 spiro atoms.